The fraction of sp³-hybridized carbons (Fsp3) is 0.588. The molecule has 1 unspecified atom stereocenters. The van der Waals surface area contributed by atoms with Crippen molar-refractivity contribution in [3.05, 3.63) is 27.2 Å². The Kier molecular flexibility index (Phi) is 6.52. The summed E-state index contributed by atoms with van der Waals surface area (Å²) in [4.78, 5) is 14.0. The number of nitrogens with one attached hydrogen (secondary N) is 1. The first-order chi connectivity index (χ1) is 11.2. The molecule has 1 heterocycles. The Morgan fingerprint density at radius 3 is 2.58 bits per heavy atom. The van der Waals surface area contributed by atoms with E-state index >= 15 is 0 Å². The molecule has 0 aliphatic carbocycles. The number of anilines is 1. The lowest BCUT2D eigenvalue weighted by Crippen LogP contribution is -2.44. The third-order valence-electron chi connectivity index (χ3n) is 3.76. The molecule has 1 aromatic rings. The summed E-state index contributed by atoms with van der Waals surface area (Å²) in [6.45, 7) is 7.73. The number of ether oxygens (including phenoxy) is 1. The Bertz CT molecular complexity index is 602. The summed E-state index contributed by atoms with van der Waals surface area (Å²) in [5.74, 6) is 0.330. The Labute approximate surface area is 158 Å². The zero-order chi connectivity index (χ0) is 17.9. The van der Waals surface area contributed by atoms with Crippen molar-refractivity contribution >= 4 is 46.6 Å². The summed E-state index contributed by atoms with van der Waals surface area (Å²) in [6.07, 6.45) is 1.76. The minimum Gasteiger partial charge on any atom is -0.444 e. The number of hydrogen-bond donors (Lipinski definition) is 1. The number of rotatable bonds is 3. The number of likely N-dealkylation sites (tertiary alicyclic amines) is 1. The van der Waals surface area contributed by atoms with Gasteiger partial charge in [0.2, 0.25) is 0 Å². The summed E-state index contributed by atoms with van der Waals surface area (Å²) in [5, 5.41) is 4.73. The van der Waals surface area contributed by atoms with Gasteiger partial charge in [-0.05, 0) is 51.7 Å². The standard InChI is InChI=1S/C17H23Cl3N2O2/c1-17(2,3)24-16(23)22-6-4-5-11(10-22)9-21-15-8-13(19)12(18)7-14(15)20/h7-8,11,21H,4-6,9-10H2,1-3H3. The van der Waals surface area contributed by atoms with Crippen LogP contribution in [0.25, 0.3) is 0 Å². The van der Waals surface area contributed by atoms with Crippen molar-refractivity contribution in [1.29, 1.82) is 0 Å². The van der Waals surface area contributed by atoms with Crippen LogP contribution in [0.5, 0.6) is 0 Å². The van der Waals surface area contributed by atoms with Gasteiger partial charge in [-0.1, -0.05) is 34.8 Å². The van der Waals surface area contributed by atoms with Crippen LogP contribution in [0.15, 0.2) is 12.1 Å². The molecular formula is C17H23Cl3N2O2. The van der Waals surface area contributed by atoms with Crippen LogP contribution in [-0.2, 0) is 4.74 Å². The third-order valence-corrected chi connectivity index (χ3v) is 4.80. The number of amides is 1. The van der Waals surface area contributed by atoms with Gasteiger partial charge in [-0.3, -0.25) is 0 Å². The minimum atomic E-state index is -0.476. The molecule has 0 spiro atoms. The summed E-state index contributed by atoms with van der Waals surface area (Å²) >= 11 is 18.2. The number of carbonyl (C=O) groups excluding carboxylic acids is 1. The molecule has 1 atom stereocenters. The molecule has 7 heteroatoms. The molecule has 1 aliphatic heterocycles. The molecule has 24 heavy (non-hydrogen) atoms. The van der Waals surface area contributed by atoms with Crippen molar-refractivity contribution in [2.24, 2.45) is 5.92 Å². The highest BCUT2D eigenvalue weighted by Crippen LogP contribution is 2.32. The van der Waals surface area contributed by atoms with E-state index in [9.17, 15) is 4.79 Å². The van der Waals surface area contributed by atoms with Gasteiger partial charge < -0.3 is 15.0 Å². The van der Waals surface area contributed by atoms with Gasteiger partial charge in [-0.2, -0.15) is 0 Å². The van der Waals surface area contributed by atoms with Crippen molar-refractivity contribution < 1.29 is 9.53 Å². The van der Waals surface area contributed by atoms with Crippen LogP contribution in [0.2, 0.25) is 15.1 Å². The highest BCUT2D eigenvalue weighted by molar-refractivity contribution is 6.44. The van der Waals surface area contributed by atoms with Gasteiger partial charge in [0.15, 0.2) is 0 Å². The van der Waals surface area contributed by atoms with Crippen LogP contribution < -0.4 is 5.32 Å². The maximum absolute atomic E-state index is 12.2. The van der Waals surface area contributed by atoms with E-state index in [2.05, 4.69) is 5.32 Å². The summed E-state index contributed by atoms with van der Waals surface area (Å²) in [6, 6.07) is 3.35. The van der Waals surface area contributed by atoms with Gasteiger partial charge in [0, 0.05) is 19.6 Å². The summed E-state index contributed by atoms with van der Waals surface area (Å²) < 4.78 is 5.45. The summed E-state index contributed by atoms with van der Waals surface area (Å²) in [5.41, 5.74) is 0.274. The number of nitrogens with zero attached hydrogens (tertiary/aromatic N) is 1. The van der Waals surface area contributed by atoms with Crippen LogP contribution in [-0.4, -0.2) is 36.2 Å². The van der Waals surface area contributed by atoms with Crippen molar-refractivity contribution in [3.8, 4) is 0 Å². The first-order valence-electron chi connectivity index (χ1n) is 8.02. The number of hydrogen-bond acceptors (Lipinski definition) is 3. The van der Waals surface area contributed by atoms with E-state index in [1.807, 2.05) is 20.8 Å². The highest BCUT2D eigenvalue weighted by Gasteiger charge is 2.27. The maximum Gasteiger partial charge on any atom is 0.410 e. The number of halogens is 3. The lowest BCUT2D eigenvalue weighted by Gasteiger charge is -2.34. The maximum atomic E-state index is 12.2. The fourth-order valence-corrected chi connectivity index (χ4v) is 3.25. The monoisotopic (exact) mass is 392 g/mol. The largest absolute Gasteiger partial charge is 0.444 e. The first-order valence-corrected chi connectivity index (χ1v) is 9.15. The van der Waals surface area contributed by atoms with Crippen molar-refractivity contribution in [2.75, 3.05) is 25.0 Å². The van der Waals surface area contributed by atoms with Crippen molar-refractivity contribution in [2.45, 2.75) is 39.2 Å². The van der Waals surface area contributed by atoms with E-state index in [1.54, 1.807) is 17.0 Å². The van der Waals surface area contributed by atoms with E-state index in [4.69, 9.17) is 39.5 Å². The van der Waals surface area contributed by atoms with Gasteiger partial charge in [0.1, 0.15) is 5.60 Å². The molecule has 1 aromatic carbocycles. The van der Waals surface area contributed by atoms with Gasteiger partial charge in [0.05, 0.1) is 20.8 Å². The average molecular weight is 394 g/mol. The van der Waals surface area contributed by atoms with Crippen molar-refractivity contribution in [1.82, 2.24) is 4.90 Å². The topological polar surface area (TPSA) is 41.6 Å². The smallest absolute Gasteiger partial charge is 0.410 e. The zero-order valence-corrected chi connectivity index (χ0v) is 16.4. The first kappa shape index (κ1) is 19.5. The third kappa shape index (κ3) is 5.61. The van der Waals surface area contributed by atoms with Crippen LogP contribution in [0.4, 0.5) is 10.5 Å². The summed E-state index contributed by atoms with van der Waals surface area (Å²) in [7, 11) is 0. The molecule has 4 nitrogen and oxygen atoms in total. The Hall–Kier alpha value is -0.840. The van der Waals surface area contributed by atoms with Gasteiger partial charge in [0.25, 0.3) is 0 Å². The van der Waals surface area contributed by atoms with E-state index in [-0.39, 0.29) is 6.09 Å². The molecule has 1 fully saturated rings. The Morgan fingerprint density at radius 1 is 1.25 bits per heavy atom. The van der Waals surface area contributed by atoms with Gasteiger partial charge in [-0.25, -0.2) is 4.79 Å². The molecule has 2 rings (SSSR count). The lowest BCUT2D eigenvalue weighted by atomic mass is 9.98. The Morgan fingerprint density at radius 2 is 1.92 bits per heavy atom. The van der Waals surface area contributed by atoms with E-state index in [1.165, 1.54) is 0 Å². The second-order valence-electron chi connectivity index (χ2n) is 7.06. The molecule has 1 N–H and O–H groups in total. The molecule has 1 aliphatic rings. The number of carbonyl (C=O) groups is 1. The predicted octanol–water partition coefficient (Wildman–Crippen LogP) is 5.71. The van der Waals surface area contributed by atoms with Gasteiger partial charge >= 0.3 is 6.09 Å². The molecule has 0 radical (unpaired) electrons. The minimum absolute atomic E-state index is 0.250. The number of piperidine rings is 1. The van der Waals surface area contributed by atoms with Crippen LogP contribution >= 0.6 is 34.8 Å². The second kappa shape index (κ2) is 8.03. The molecule has 0 aromatic heterocycles. The molecule has 1 amide bonds. The van der Waals surface area contributed by atoms with E-state index < -0.39 is 5.60 Å². The molecule has 134 valence electrons. The molecule has 0 bridgehead atoms. The SMILES string of the molecule is CC(C)(C)OC(=O)N1CCCC(CNc2cc(Cl)c(Cl)cc2Cl)C1. The van der Waals surface area contributed by atoms with E-state index in [0.717, 1.165) is 25.1 Å². The predicted molar refractivity (Wildman–Crippen MR) is 100 cm³/mol. The van der Waals surface area contributed by atoms with Crippen LogP contribution in [0, 0.1) is 5.92 Å². The van der Waals surface area contributed by atoms with Crippen LogP contribution in [0.3, 0.4) is 0 Å². The van der Waals surface area contributed by atoms with E-state index in [0.29, 0.717) is 34.1 Å². The highest BCUT2D eigenvalue weighted by atomic mass is 35.5. The normalized spacial score (nSPS) is 18.4. The van der Waals surface area contributed by atoms with Crippen molar-refractivity contribution in [3.63, 3.8) is 0 Å². The zero-order valence-electron chi connectivity index (χ0n) is 14.2. The average Bonchev–Trinajstić information content (AvgIpc) is 2.48. The molecule has 1 saturated heterocycles. The van der Waals surface area contributed by atoms with Crippen LogP contribution in [0.1, 0.15) is 33.6 Å². The number of benzene rings is 1. The fourth-order valence-electron chi connectivity index (χ4n) is 2.64. The lowest BCUT2D eigenvalue weighted by molar-refractivity contribution is 0.0172. The quantitative estimate of drug-likeness (QED) is 0.669. The molecule has 0 saturated carbocycles. The Balaban J connectivity index is 1.92. The molecular weight excluding hydrogens is 371 g/mol. The second-order valence-corrected chi connectivity index (χ2v) is 8.28. The van der Waals surface area contributed by atoms with Gasteiger partial charge in [-0.15, -0.1) is 0 Å².